The number of rotatable bonds is 2. The zero-order valence-corrected chi connectivity index (χ0v) is 16.5. The number of hydrogen-bond donors (Lipinski definition) is 0. The van der Waals surface area contributed by atoms with Gasteiger partial charge >= 0.3 is 0 Å². The summed E-state index contributed by atoms with van der Waals surface area (Å²) in [6, 6.07) is -0.0208. The average molecular weight is 387 g/mol. The Kier molecular flexibility index (Phi) is 3.58. The summed E-state index contributed by atoms with van der Waals surface area (Å²) in [5.74, 6) is 0.666. The molecular formula is C20H22N2O2S2. The highest BCUT2D eigenvalue weighted by atomic mass is 32.2. The minimum atomic E-state index is -0.783. The van der Waals surface area contributed by atoms with Gasteiger partial charge in [-0.2, -0.15) is 0 Å². The van der Waals surface area contributed by atoms with Crippen molar-refractivity contribution in [3.8, 4) is 0 Å². The third-order valence-electron chi connectivity index (χ3n) is 6.61. The van der Waals surface area contributed by atoms with Crippen LogP contribution in [0.4, 0.5) is 0 Å². The molecule has 3 aliphatic heterocycles. The number of thioether (sulfide) groups is 2. The van der Waals surface area contributed by atoms with E-state index >= 15 is 0 Å². The molecule has 0 spiro atoms. The second kappa shape index (κ2) is 5.55. The summed E-state index contributed by atoms with van der Waals surface area (Å²) in [4.78, 5) is 30.2. The van der Waals surface area contributed by atoms with E-state index in [4.69, 9.17) is 0 Å². The van der Waals surface area contributed by atoms with Crippen molar-refractivity contribution in [1.29, 1.82) is 0 Å². The van der Waals surface area contributed by atoms with Crippen LogP contribution in [0.1, 0.15) is 12.8 Å². The Bertz CT molecular complexity index is 738. The van der Waals surface area contributed by atoms with Gasteiger partial charge in [-0.15, -0.1) is 23.5 Å². The van der Waals surface area contributed by atoms with E-state index in [1.807, 2.05) is 46.6 Å². The Morgan fingerprint density at radius 1 is 0.769 bits per heavy atom. The Balaban J connectivity index is 1.68. The molecule has 4 nitrogen and oxygen atoms in total. The van der Waals surface area contributed by atoms with E-state index in [1.165, 1.54) is 23.5 Å². The number of allylic oxidation sites excluding steroid dienone is 4. The van der Waals surface area contributed by atoms with E-state index in [2.05, 4.69) is 24.3 Å². The Morgan fingerprint density at radius 2 is 1.15 bits per heavy atom. The van der Waals surface area contributed by atoms with E-state index in [9.17, 15) is 9.59 Å². The molecule has 3 heterocycles. The monoisotopic (exact) mass is 386 g/mol. The molecule has 6 heteroatoms. The minimum Gasteiger partial charge on any atom is -0.309 e. The van der Waals surface area contributed by atoms with Crippen LogP contribution in [0.3, 0.4) is 0 Å². The first-order chi connectivity index (χ1) is 12.6. The first kappa shape index (κ1) is 16.8. The molecule has 5 aliphatic rings. The maximum atomic E-state index is 13.9. The number of nitrogens with zero attached hydrogens (tertiary/aromatic N) is 2. The van der Waals surface area contributed by atoms with Crippen LogP contribution in [0.2, 0.25) is 0 Å². The predicted octanol–water partition coefficient (Wildman–Crippen LogP) is 2.80. The molecule has 3 saturated heterocycles. The highest BCUT2D eigenvalue weighted by Gasteiger charge is 2.71. The lowest BCUT2D eigenvalue weighted by atomic mass is 9.93. The number of hydrogen-bond acceptors (Lipinski definition) is 4. The average Bonchev–Trinajstić information content (AvgIpc) is 3.20. The maximum Gasteiger partial charge on any atom is 0.261 e. The van der Waals surface area contributed by atoms with Gasteiger partial charge in [-0.25, -0.2) is 0 Å². The molecule has 0 aromatic carbocycles. The molecule has 0 saturated carbocycles. The fraction of sp³-hybridized carbons (Fsp3) is 0.500. The molecular weight excluding hydrogens is 364 g/mol. The van der Waals surface area contributed by atoms with Crippen LogP contribution in [0.15, 0.2) is 48.6 Å². The first-order valence-electron chi connectivity index (χ1n) is 9.07. The molecule has 6 atom stereocenters. The van der Waals surface area contributed by atoms with Gasteiger partial charge in [-0.1, -0.05) is 48.6 Å². The molecule has 136 valence electrons. The molecule has 0 bridgehead atoms. The van der Waals surface area contributed by atoms with E-state index in [1.54, 1.807) is 0 Å². The van der Waals surface area contributed by atoms with E-state index in [-0.39, 0.29) is 35.7 Å². The van der Waals surface area contributed by atoms with Crippen molar-refractivity contribution in [3.63, 3.8) is 0 Å². The molecule has 2 aliphatic carbocycles. The third kappa shape index (κ3) is 1.80. The van der Waals surface area contributed by atoms with Gasteiger partial charge in [0.05, 0.1) is 12.1 Å². The number of piperazine rings is 1. The second-order valence-electron chi connectivity index (χ2n) is 7.58. The Hall–Kier alpha value is -1.40. The minimum absolute atomic E-state index is 0.0104. The quantitative estimate of drug-likeness (QED) is 0.732. The summed E-state index contributed by atoms with van der Waals surface area (Å²) in [6.45, 7) is 0. The van der Waals surface area contributed by atoms with Crippen molar-refractivity contribution in [2.24, 2.45) is 11.8 Å². The predicted molar refractivity (Wildman–Crippen MR) is 107 cm³/mol. The number of carbonyl (C=O) groups excluding carboxylic acids is 2. The summed E-state index contributed by atoms with van der Waals surface area (Å²) >= 11 is 3.07. The second-order valence-corrected chi connectivity index (χ2v) is 9.75. The van der Waals surface area contributed by atoms with Crippen LogP contribution < -0.4 is 0 Å². The van der Waals surface area contributed by atoms with E-state index in [0.29, 0.717) is 12.8 Å². The van der Waals surface area contributed by atoms with E-state index < -0.39 is 9.74 Å². The van der Waals surface area contributed by atoms with Crippen molar-refractivity contribution in [2.75, 3.05) is 12.5 Å². The molecule has 26 heavy (non-hydrogen) atoms. The van der Waals surface area contributed by atoms with Crippen LogP contribution in [0, 0.1) is 11.8 Å². The molecule has 0 unspecified atom stereocenters. The van der Waals surface area contributed by atoms with E-state index in [0.717, 1.165) is 0 Å². The molecule has 2 amide bonds. The maximum absolute atomic E-state index is 13.9. The molecule has 0 N–H and O–H groups in total. The largest absolute Gasteiger partial charge is 0.309 e. The van der Waals surface area contributed by atoms with Crippen LogP contribution >= 0.6 is 23.5 Å². The van der Waals surface area contributed by atoms with Gasteiger partial charge < -0.3 is 9.80 Å². The van der Waals surface area contributed by atoms with Crippen LogP contribution in [0.5, 0.6) is 0 Å². The molecule has 0 radical (unpaired) electrons. The van der Waals surface area contributed by atoms with Crippen LogP contribution in [-0.2, 0) is 9.59 Å². The Labute approximate surface area is 162 Å². The van der Waals surface area contributed by atoms with Gasteiger partial charge in [-0.3, -0.25) is 9.59 Å². The smallest absolute Gasteiger partial charge is 0.261 e. The van der Waals surface area contributed by atoms with Crippen molar-refractivity contribution in [3.05, 3.63) is 48.6 Å². The fourth-order valence-electron chi connectivity index (χ4n) is 5.43. The van der Waals surface area contributed by atoms with Gasteiger partial charge in [0.15, 0.2) is 9.74 Å². The van der Waals surface area contributed by atoms with Gasteiger partial charge in [0.2, 0.25) is 0 Å². The molecule has 0 aromatic heterocycles. The lowest BCUT2D eigenvalue weighted by molar-refractivity contribution is -0.163. The van der Waals surface area contributed by atoms with Gasteiger partial charge in [0.25, 0.3) is 11.8 Å². The van der Waals surface area contributed by atoms with Crippen LogP contribution in [0.25, 0.3) is 0 Å². The SMILES string of the molecule is CS[C@]12C[C@H]3C=CC=C[C@H]3N1C(=O)[C@@]1(SC)C[C@H]3C=CC=C[C@H]3N1C2=O. The molecule has 0 aromatic rings. The summed E-state index contributed by atoms with van der Waals surface area (Å²) in [6.07, 6.45) is 21.9. The fourth-order valence-corrected chi connectivity index (χ4v) is 7.49. The lowest BCUT2D eigenvalue weighted by Crippen LogP contribution is -2.73. The van der Waals surface area contributed by atoms with Crippen molar-refractivity contribution in [2.45, 2.75) is 34.7 Å². The number of carbonyl (C=O) groups is 2. The summed E-state index contributed by atoms with van der Waals surface area (Å²) < 4.78 is 0. The van der Waals surface area contributed by atoms with Gasteiger partial charge in [-0.05, 0) is 25.4 Å². The van der Waals surface area contributed by atoms with Gasteiger partial charge in [0, 0.05) is 11.8 Å². The summed E-state index contributed by atoms with van der Waals surface area (Å²) in [7, 11) is 0. The first-order valence-corrected chi connectivity index (χ1v) is 11.5. The highest BCUT2D eigenvalue weighted by Crippen LogP contribution is 2.58. The van der Waals surface area contributed by atoms with Crippen molar-refractivity contribution < 1.29 is 9.59 Å². The number of amides is 2. The standard InChI is InChI=1S/C20H22N2O2S2/c1-25-19-11-13-7-3-5-9-15(13)21(19)18(24)20(26-2)12-14-8-4-6-10-16(14)22(20)17(19)23/h3-10,13-16H,11-12H2,1-2H3/t13-,14-,15-,16-,19+,20+/m1/s1. The molecule has 5 rings (SSSR count). The highest BCUT2D eigenvalue weighted by molar-refractivity contribution is 8.01. The van der Waals surface area contributed by atoms with Crippen molar-refractivity contribution in [1.82, 2.24) is 9.80 Å². The third-order valence-corrected chi connectivity index (χ3v) is 9.04. The lowest BCUT2D eigenvalue weighted by Gasteiger charge is -2.53. The number of fused-ring (bicyclic) bond motifs is 6. The zero-order valence-electron chi connectivity index (χ0n) is 14.9. The topological polar surface area (TPSA) is 40.6 Å². The zero-order chi connectivity index (χ0) is 18.1. The Morgan fingerprint density at radius 3 is 1.54 bits per heavy atom. The molecule has 3 fully saturated rings. The van der Waals surface area contributed by atoms with Crippen LogP contribution in [-0.4, -0.2) is 56.0 Å². The summed E-state index contributed by atoms with van der Waals surface area (Å²) in [5, 5.41) is 0. The van der Waals surface area contributed by atoms with Crippen molar-refractivity contribution >= 4 is 35.3 Å². The summed E-state index contributed by atoms with van der Waals surface area (Å²) in [5.41, 5.74) is 0. The van der Waals surface area contributed by atoms with Gasteiger partial charge in [0.1, 0.15) is 0 Å². The normalized spacial score (nSPS) is 45.0.